The topological polar surface area (TPSA) is 70.2 Å². The molecule has 0 amide bonds. The van der Waals surface area contributed by atoms with Crippen LogP contribution in [0.2, 0.25) is 0 Å². The average Bonchev–Trinajstić information content (AvgIpc) is 3.31. The summed E-state index contributed by atoms with van der Waals surface area (Å²) in [5, 5.41) is 9.02. The number of benzene rings is 1. The number of esters is 1. The fourth-order valence-corrected chi connectivity index (χ4v) is 3.96. The van der Waals surface area contributed by atoms with Crippen LogP contribution in [0.4, 0.5) is 0 Å². The molecule has 3 aromatic rings. The van der Waals surface area contributed by atoms with Crippen molar-refractivity contribution in [3.05, 3.63) is 54.3 Å². The van der Waals surface area contributed by atoms with Gasteiger partial charge in [0.15, 0.2) is 10.9 Å². The minimum Gasteiger partial charge on any atom is -0.462 e. The molecule has 0 bridgehead atoms. The van der Waals surface area contributed by atoms with Crippen LogP contribution in [0.5, 0.6) is 0 Å². The van der Waals surface area contributed by atoms with E-state index in [0.717, 1.165) is 5.56 Å². The summed E-state index contributed by atoms with van der Waals surface area (Å²) >= 11 is 1.40. The van der Waals surface area contributed by atoms with Crippen molar-refractivity contribution < 1.29 is 13.9 Å². The Balaban J connectivity index is 1.67. The molecule has 0 radical (unpaired) electrons. The smallest absolute Gasteiger partial charge is 0.319 e. The maximum Gasteiger partial charge on any atom is 0.319 e. The van der Waals surface area contributed by atoms with Crippen LogP contribution in [0.1, 0.15) is 18.9 Å². The lowest BCUT2D eigenvalue weighted by molar-refractivity contribution is -0.140. The first-order valence-electron chi connectivity index (χ1n) is 8.09. The van der Waals surface area contributed by atoms with Crippen molar-refractivity contribution in [2.45, 2.75) is 36.4 Å². The van der Waals surface area contributed by atoms with E-state index in [1.54, 1.807) is 6.26 Å². The Kier molecular flexibility index (Phi) is 4.31. The van der Waals surface area contributed by atoms with Crippen molar-refractivity contribution in [1.29, 1.82) is 0 Å². The summed E-state index contributed by atoms with van der Waals surface area (Å²) in [6.45, 7) is 2.50. The van der Waals surface area contributed by atoms with Crippen LogP contribution in [0.3, 0.4) is 0 Å². The number of carbonyl (C=O) groups excluding carboxylic acids is 1. The average molecular weight is 355 g/mol. The standard InChI is InChI=1S/C18H17N3O3S/c1-12-10-15(17(22)24-12)25-18-20-19-16(14-8-5-9-23-14)21(18)11-13-6-3-2-4-7-13/h2-9,12,15H,10-11H2,1H3/t12-,15-/m0/s1. The number of furan rings is 1. The third kappa shape index (κ3) is 3.32. The largest absolute Gasteiger partial charge is 0.462 e. The molecule has 0 aliphatic carbocycles. The number of aromatic nitrogens is 3. The number of rotatable bonds is 5. The van der Waals surface area contributed by atoms with Crippen molar-refractivity contribution in [3.63, 3.8) is 0 Å². The Bertz CT molecular complexity index is 861. The predicted molar refractivity (Wildman–Crippen MR) is 93.1 cm³/mol. The third-order valence-corrected chi connectivity index (χ3v) is 5.20. The molecule has 0 N–H and O–H groups in total. The van der Waals surface area contributed by atoms with Crippen LogP contribution < -0.4 is 0 Å². The second-order valence-electron chi connectivity index (χ2n) is 5.94. The van der Waals surface area contributed by atoms with Gasteiger partial charge in [0.1, 0.15) is 11.4 Å². The first-order chi connectivity index (χ1) is 12.2. The number of ether oxygens (including phenoxy) is 1. The lowest BCUT2D eigenvalue weighted by Crippen LogP contribution is -2.12. The van der Waals surface area contributed by atoms with Crippen molar-refractivity contribution in [3.8, 4) is 11.6 Å². The van der Waals surface area contributed by atoms with E-state index < -0.39 is 0 Å². The molecule has 0 unspecified atom stereocenters. The molecular formula is C18H17N3O3S. The Morgan fingerprint density at radius 2 is 2.04 bits per heavy atom. The second kappa shape index (κ2) is 6.76. The van der Waals surface area contributed by atoms with Crippen molar-refractivity contribution in [1.82, 2.24) is 14.8 Å². The van der Waals surface area contributed by atoms with Gasteiger partial charge in [0.05, 0.1) is 12.8 Å². The van der Waals surface area contributed by atoms with Crippen molar-refractivity contribution in [2.24, 2.45) is 0 Å². The van der Waals surface area contributed by atoms with Gasteiger partial charge < -0.3 is 9.15 Å². The zero-order chi connectivity index (χ0) is 17.2. The molecule has 0 spiro atoms. The lowest BCUT2D eigenvalue weighted by atomic mass is 10.2. The van der Waals surface area contributed by atoms with Gasteiger partial charge in [-0.3, -0.25) is 9.36 Å². The zero-order valence-electron chi connectivity index (χ0n) is 13.7. The van der Waals surface area contributed by atoms with Gasteiger partial charge in [0.2, 0.25) is 5.82 Å². The second-order valence-corrected chi connectivity index (χ2v) is 7.11. The van der Waals surface area contributed by atoms with Crippen LogP contribution in [-0.2, 0) is 16.1 Å². The fourth-order valence-electron chi connectivity index (χ4n) is 2.82. The van der Waals surface area contributed by atoms with E-state index in [9.17, 15) is 4.79 Å². The number of cyclic esters (lactones) is 1. The molecule has 6 nitrogen and oxygen atoms in total. The van der Waals surface area contributed by atoms with Crippen LogP contribution in [0, 0.1) is 0 Å². The highest BCUT2D eigenvalue weighted by atomic mass is 32.2. The summed E-state index contributed by atoms with van der Waals surface area (Å²) in [4.78, 5) is 12.0. The molecule has 7 heteroatoms. The van der Waals surface area contributed by atoms with E-state index in [0.29, 0.717) is 29.7 Å². The molecule has 2 atom stereocenters. The summed E-state index contributed by atoms with van der Waals surface area (Å²) in [5.41, 5.74) is 1.12. The Morgan fingerprint density at radius 3 is 2.72 bits per heavy atom. The van der Waals surface area contributed by atoms with E-state index in [4.69, 9.17) is 9.15 Å². The first-order valence-corrected chi connectivity index (χ1v) is 8.97. The molecule has 1 saturated heterocycles. The quantitative estimate of drug-likeness (QED) is 0.654. The summed E-state index contributed by atoms with van der Waals surface area (Å²) < 4.78 is 12.7. The normalized spacial score (nSPS) is 20.0. The molecular weight excluding hydrogens is 338 g/mol. The summed E-state index contributed by atoms with van der Waals surface area (Å²) in [5.74, 6) is 1.11. The molecule has 2 aromatic heterocycles. The van der Waals surface area contributed by atoms with Gasteiger partial charge in [-0.2, -0.15) is 0 Å². The van der Waals surface area contributed by atoms with E-state index >= 15 is 0 Å². The van der Waals surface area contributed by atoms with Crippen LogP contribution >= 0.6 is 11.8 Å². The Morgan fingerprint density at radius 1 is 1.20 bits per heavy atom. The summed E-state index contributed by atoms with van der Waals surface area (Å²) in [6.07, 6.45) is 2.23. The zero-order valence-corrected chi connectivity index (χ0v) is 14.5. The number of hydrogen-bond acceptors (Lipinski definition) is 6. The minimum atomic E-state index is -0.252. The molecule has 3 heterocycles. The molecule has 25 heavy (non-hydrogen) atoms. The number of hydrogen-bond donors (Lipinski definition) is 0. The van der Waals surface area contributed by atoms with Gasteiger partial charge in [-0.25, -0.2) is 0 Å². The lowest BCUT2D eigenvalue weighted by Gasteiger charge is -2.10. The van der Waals surface area contributed by atoms with E-state index in [1.807, 2.05) is 54.0 Å². The van der Waals surface area contributed by atoms with E-state index in [-0.39, 0.29) is 17.3 Å². The van der Waals surface area contributed by atoms with Gasteiger partial charge in [-0.1, -0.05) is 42.1 Å². The van der Waals surface area contributed by atoms with E-state index in [2.05, 4.69) is 10.2 Å². The van der Waals surface area contributed by atoms with Gasteiger partial charge in [-0.15, -0.1) is 10.2 Å². The van der Waals surface area contributed by atoms with Crippen molar-refractivity contribution >= 4 is 17.7 Å². The van der Waals surface area contributed by atoms with Gasteiger partial charge in [-0.05, 0) is 24.6 Å². The number of carbonyl (C=O) groups is 1. The molecule has 1 aliphatic rings. The van der Waals surface area contributed by atoms with Crippen molar-refractivity contribution in [2.75, 3.05) is 0 Å². The molecule has 128 valence electrons. The maximum absolute atomic E-state index is 12.0. The van der Waals surface area contributed by atoms with Crippen LogP contribution in [0.15, 0.2) is 58.3 Å². The molecule has 1 fully saturated rings. The molecule has 4 rings (SSSR count). The fraction of sp³-hybridized carbons (Fsp3) is 0.278. The molecule has 1 aliphatic heterocycles. The summed E-state index contributed by atoms with van der Waals surface area (Å²) in [7, 11) is 0. The highest BCUT2D eigenvalue weighted by molar-refractivity contribution is 8.00. The number of nitrogens with zero attached hydrogens (tertiary/aromatic N) is 3. The highest BCUT2D eigenvalue weighted by Crippen LogP contribution is 2.33. The van der Waals surface area contributed by atoms with Gasteiger partial charge in [0.25, 0.3) is 0 Å². The van der Waals surface area contributed by atoms with Crippen LogP contribution in [-0.4, -0.2) is 32.1 Å². The third-order valence-electron chi connectivity index (χ3n) is 4.02. The predicted octanol–water partition coefficient (Wildman–Crippen LogP) is 3.38. The molecule has 0 saturated carbocycles. The Hall–Kier alpha value is -2.54. The summed E-state index contributed by atoms with van der Waals surface area (Å²) in [6, 6.07) is 13.7. The van der Waals surface area contributed by atoms with Gasteiger partial charge >= 0.3 is 5.97 Å². The van der Waals surface area contributed by atoms with E-state index in [1.165, 1.54) is 11.8 Å². The molecule has 1 aromatic carbocycles. The highest BCUT2D eigenvalue weighted by Gasteiger charge is 2.34. The number of thioether (sulfide) groups is 1. The van der Waals surface area contributed by atoms with Crippen LogP contribution in [0.25, 0.3) is 11.6 Å². The first kappa shape index (κ1) is 16.0. The maximum atomic E-state index is 12.0. The SMILES string of the molecule is C[C@H]1C[C@H](Sc2nnc(-c3ccco3)n2Cc2ccccc2)C(=O)O1. The Labute approximate surface area is 149 Å². The van der Waals surface area contributed by atoms with Gasteiger partial charge in [0, 0.05) is 6.42 Å². The minimum absolute atomic E-state index is 0.0555. The monoisotopic (exact) mass is 355 g/mol.